The van der Waals surface area contributed by atoms with E-state index < -0.39 is 53.8 Å². The van der Waals surface area contributed by atoms with E-state index in [-0.39, 0.29) is 31.6 Å². The van der Waals surface area contributed by atoms with Crippen LogP contribution >= 0.6 is 0 Å². The predicted octanol–water partition coefficient (Wildman–Crippen LogP) is -1.09. The summed E-state index contributed by atoms with van der Waals surface area (Å²) >= 11 is 0. The van der Waals surface area contributed by atoms with E-state index in [1.807, 2.05) is 13.8 Å². The van der Waals surface area contributed by atoms with Crippen molar-refractivity contribution in [1.82, 2.24) is 16.0 Å². The highest BCUT2D eigenvalue weighted by atomic mass is 16.4. The van der Waals surface area contributed by atoms with Gasteiger partial charge in [0.05, 0.1) is 6.04 Å². The second-order valence-electron chi connectivity index (χ2n) is 8.14. The molecule has 184 valence electrons. The van der Waals surface area contributed by atoms with E-state index in [4.69, 9.17) is 16.6 Å². The van der Waals surface area contributed by atoms with Crippen molar-refractivity contribution in [3.63, 3.8) is 0 Å². The smallest absolute Gasteiger partial charge is 0.326 e. The Morgan fingerprint density at radius 2 is 1.41 bits per heavy atom. The van der Waals surface area contributed by atoms with Crippen molar-refractivity contribution in [2.24, 2.45) is 17.4 Å². The van der Waals surface area contributed by atoms with E-state index in [1.165, 1.54) is 6.92 Å². The van der Waals surface area contributed by atoms with Crippen LogP contribution < -0.4 is 27.4 Å². The Morgan fingerprint density at radius 1 is 0.812 bits per heavy atom. The van der Waals surface area contributed by atoms with Crippen LogP contribution in [0.1, 0.15) is 59.3 Å². The van der Waals surface area contributed by atoms with Crippen molar-refractivity contribution >= 4 is 29.7 Å². The third-order valence-electron chi connectivity index (χ3n) is 4.66. The average Bonchev–Trinajstić information content (AvgIpc) is 2.69. The van der Waals surface area contributed by atoms with Gasteiger partial charge in [-0.1, -0.05) is 13.8 Å². The molecule has 3 amide bonds. The first-order valence-electron chi connectivity index (χ1n) is 10.7. The van der Waals surface area contributed by atoms with Crippen LogP contribution in [0.5, 0.6) is 0 Å². The molecule has 0 aromatic carbocycles. The summed E-state index contributed by atoms with van der Waals surface area (Å²) in [4.78, 5) is 59.3. The van der Waals surface area contributed by atoms with Crippen molar-refractivity contribution in [1.29, 1.82) is 0 Å². The maximum Gasteiger partial charge on any atom is 0.326 e. The zero-order chi connectivity index (χ0) is 24.8. The van der Waals surface area contributed by atoms with Crippen molar-refractivity contribution in [2.45, 2.75) is 83.5 Å². The Labute approximate surface area is 187 Å². The molecule has 32 heavy (non-hydrogen) atoms. The van der Waals surface area contributed by atoms with Gasteiger partial charge in [0.15, 0.2) is 0 Å². The number of nitrogens with one attached hydrogen (secondary N) is 3. The summed E-state index contributed by atoms with van der Waals surface area (Å²) in [5, 5.41) is 25.4. The summed E-state index contributed by atoms with van der Waals surface area (Å²) in [7, 11) is 0. The van der Waals surface area contributed by atoms with Gasteiger partial charge in [0.1, 0.15) is 18.1 Å². The maximum absolute atomic E-state index is 12.7. The maximum atomic E-state index is 12.7. The number of unbranched alkanes of at least 4 members (excludes halogenated alkanes) is 1. The highest BCUT2D eigenvalue weighted by Crippen LogP contribution is 2.07. The van der Waals surface area contributed by atoms with Gasteiger partial charge in [0.25, 0.3) is 0 Å². The van der Waals surface area contributed by atoms with Gasteiger partial charge in [-0.25, -0.2) is 4.79 Å². The SMILES string of the molecule is CC(C)CC(NC(=O)C(N)CCC(=O)O)C(=O)NC(C)C(=O)NC(CCCCN)C(=O)O. The summed E-state index contributed by atoms with van der Waals surface area (Å²) in [5.41, 5.74) is 11.1. The number of amides is 3. The van der Waals surface area contributed by atoms with Crippen molar-refractivity contribution in [3.05, 3.63) is 0 Å². The normalized spacial score (nSPS) is 14.7. The molecule has 12 nitrogen and oxygen atoms in total. The lowest BCUT2D eigenvalue weighted by Gasteiger charge is -2.24. The molecule has 0 saturated heterocycles. The fourth-order valence-corrected chi connectivity index (χ4v) is 2.82. The molecule has 0 saturated carbocycles. The van der Waals surface area contributed by atoms with Crippen molar-refractivity contribution in [3.8, 4) is 0 Å². The minimum atomic E-state index is -1.19. The summed E-state index contributed by atoms with van der Waals surface area (Å²) in [6.45, 7) is 5.49. The summed E-state index contributed by atoms with van der Waals surface area (Å²) in [5.74, 6) is -4.23. The molecule has 0 bridgehead atoms. The lowest BCUT2D eigenvalue weighted by Crippen LogP contribution is -2.56. The van der Waals surface area contributed by atoms with Crippen LogP contribution in [-0.2, 0) is 24.0 Å². The van der Waals surface area contributed by atoms with E-state index >= 15 is 0 Å². The molecule has 0 heterocycles. The van der Waals surface area contributed by atoms with Crippen LogP contribution in [-0.4, -0.2) is 70.6 Å². The number of carbonyl (C=O) groups excluding carboxylic acids is 3. The zero-order valence-corrected chi connectivity index (χ0v) is 18.9. The van der Waals surface area contributed by atoms with Gasteiger partial charge in [0, 0.05) is 6.42 Å². The van der Waals surface area contributed by atoms with E-state index in [1.54, 1.807) is 0 Å². The molecule has 0 fully saturated rings. The molecule has 0 spiro atoms. The minimum absolute atomic E-state index is 0.0179. The first-order valence-corrected chi connectivity index (χ1v) is 10.7. The third kappa shape index (κ3) is 12.2. The number of rotatable bonds is 16. The van der Waals surface area contributed by atoms with Gasteiger partial charge in [-0.05, 0) is 51.5 Å². The number of carboxylic acids is 2. The van der Waals surface area contributed by atoms with Crippen LogP contribution in [0.4, 0.5) is 0 Å². The monoisotopic (exact) mass is 459 g/mol. The number of carboxylic acid groups (broad SMARTS) is 2. The molecule has 0 aliphatic heterocycles. The quantitative estimate of drug-likeness (QED) is 0.139. The van der Waals surface area contributed by atoms with E-state index in [9.17, 15) is 29.1 Å². The topological polar surface area (TPSA) is 214 Å². The number of carbonyl (C=O) groups is 5. The predicted molar refractivity (Wildman–Crippen MR) is 116 cm³/mol. The van der Waals surface area contributed by atoms with Gasteiger partial charge < -0.3 is 37.6 Å². The van der Waals surface area contributed by atoms with Crippen molar-refractivity contribution < 1.29 is 34.2 Å². The Morgan fingerprint density at radius 3 is 1.91 bits per heavy atom. The van der Waals surface area contributed by atoms with Gasteiger partial charge in [-0.2, -0.15) is 0 Å². The fraction of sp³-hybridized carbons (Fsp3) is 0.750. The Balaban J connectivity index is 5.00. The molecule has 0 radical (unpaired) electrons. The standard InChI is InChI=1S/C20H37N5O7/c1-11(2)10-15(25-18(29)13(22)7-8-16(26)27)19(30)23-12(3)17(28)24-14(20(31)32)6-4-5-9-21/h11-15H,4-10,21-22H2,1-3H3,(H,23,30)(H,24,28)(H,25,29)(H,26,27)(H,31,32). The van der Waals surface area contributed by atoms with Crippen LogP contribution in [0.15, 0.2) is 0 Å². The first kappa shape index (κ1) is 29.3. The molecule has 0 aromatic rings. The number of hydrogen-bond donors (Lipinski definition) is 7. The van der Waals surface area contributed by atoms with Gasteiger partial charge in [-0.3, -0.25) is 19.2 Å². The Kier molecular flexibility index (Phi) is 13.8. The van der Waals surface area contributed by atoms with Crippen LogP contribution in [0.2, 0.25) is 0 Å². The second-order valence-corrected chi connectivity index (χ2v) is 8.14. The largest absolute Gasteiger partial charge is 0.481 e. The molecule has 4 atom stereocenters. The lowest BCUT2D eigenvalue weighted by molar-refractivity contribution is -0.142. The van der Waals surface area contributed by atoms with Gasteiger partial charge >= 0.3 is 11.9 Å². The Hall–Kier alpha value is -2.73. The number of nitrogens with two attached hydrogens (primary N) is 2. The average molecular weight is 460 g/mol. The third-order valence-corrected chi connectivity index (χ3v) is 4.66. The summed E-state index contributed by atoms with van der Waals surface area (Å²) < 4.78 is 0. The first-order chi connectivity index (χ1) is 14.9. The fourth-order valence-electron chi connectivity index (χ4n) is 2.82. The molecule has 0 aromatic heterocycles. The van der Waals surface area contributed by atoms with Crippen LogP contribution in [0, 0.1) is 5.92 Å². The summed E-state index contributed by atoms with van der Waals surface area (Å²) in [6, 6.07) is -4.24. The zero-order valence-electron chi connectivity index (χ0n) is 18.9. The van der Waals surface area contributed by atoms with E-state index in [0.717, 1.165) is 0 Å². The molecule has 4 unspecified atom stereocenters. The Bertz CT molecular complexity index is 656. The minimum Gasteiger partial charge on any atom is -0.481 e. The van der Waals surface area contributed by atoms with Gasteiger partial charge in [-0.15, -0.1) is 0 Å². The van der Waals surface area contributed by atoms with Gasteiger partial charge in [0.2, 0.25) is 17.7 Å². The van der Waals surface area contributed by atoms with Crippen LogP contribution in [0.3, 0.4) is 0 Å². The molecule has 12 heteroatoms. The molecular formula is C20H37N5O7. The molecule has 0 rings (SSSR count). The van der Waals surface area contributed by atoms with E-state index in [0.29, 0.717) is 19.4 Å². The summed E-state index contributed by atoms with van der Waals surface area (Å²) in [6.07, 6.45) is 1.24. The molecule has 9 N–H and O–H groups in total. The number of aliphatic carboxylic acids is 2. The second kappa shape index (κ2) is 15.1. The van der Waals surface area contributed by atoms with Crippen LogP contribution in [0.25, 0.3) is 0 Å². The number of hydrogen-bond acceptors (Lipinski definition) is 7. The molecule has 0 aliphatic rings. The lowest BCUT2D eigenvalue weighted by atomic mass is 10.0. The highest BCUT2D eigenvalue weighted by molar-refractivity contribution is 5.93. The molecule has 0 aliphatic carbocycles. The molecular weight excluding hydrogens is 422 g/mol. The highest BCUT2D eigenvalue weighted by Gasteiger charge is 2.28. The van der Waals surface area contributed by atoms with E-state index in [2.05, 4.69) is 16.0 Å². The van der Waals surface area contributed by atoms with Crippen molar-refractivity contribution in [2.75, 3.05) is 6.54 Å².